The summed E-state index contributed by atoms with van der Waals surface area (Å²) in [7, 11) is 0. The molecule has 1 N–H and O–H groups in total. The predicted octanol–water partition coefficient (Wildman–Crippen LogP) is 2.67. The van der Waals surface area contributed by atoms with Crippen LogP contribution in [0.15, 0.2) is 17.4 Å². The summed E-state index contributed by atoms with van der Waals surface area (Å²) >= 11 is 1.59. The zero-order valence-electron chi connectivity index (χ0n) is 12.0. The highest BCUT2D eigenvalue weighted by Crippen LogP contribution is 2.37. The summed E-state index contributed by atoms with van der Waals surface area (Å²) in [4.78, 5) is 22.2. The summed E-state index contributed by atoms with van der Waals surface area (Å²) in [6.45, 7) is 3.54. The topological polar surface area (TPSA) is 66.3 Å². The van der Waals surface area contributed by atoms with Crippen LogP contribution in [0.3, 0.4) is 0 Å². The number of hydrogen-bond acceptors (Lipinski definition) is 5. The summed E-state index contributed by atoms with van der Waals surface area (Å²) in [5.41, 5.74) is -0.541. The molecule has 2 rings (SSSR count). The Labute approximate surface area is 123 Å². The number of piperidine rings is 1. The Hall–Kier alpha value is -1.30. The molecule has 0 aliphatic carbocycles. The molecule has 0 aromatic carbocycles. The van der Waals surface area contributed by atoms with Gasteiger partial charge in [0.25, 0.3) is 0 Å². The molecular weight excluding hydrogens is 274 g/mol. The van der Waals surface area contributed by atoms with E-state index in [0.29, 0.717) is 12.8 Å². The van der Waals surface area contributed by atoms with Crippen LogP contribution in [-0.4, -0.2) is 40.4 Å². The van der Waals surface area contributed by atoms with E-state index in [0.717, 1.165) is 36.8 Å². The third kappa shape index (κ3) is 3.06. The smallest absolute Gasteiger partial charge is 0.309 e. The minimum Gasteiger partial charge on any atom is -0.481 e. The summed E-state index contributed by atoms with van der Waals surface area (Å²) in [6.07, 6.45) is 6.61. The molecule has 1 saturated heterocycles. The quantitative estimate of drug-likeness (QED) is 0.665. The Balaban J connectivity index is 2.08. The minimum absolute atomic E-state index is 0.541. The van der Waals surface area contributed by atoms with Crippen LogP contribution in [0.5, 0.6) is 0 Å². The first-order valence-electron chi connectivity index (χ1n) is 6.95. The highest BCUT2D eigenvalue weighted by molar-refractivity contribution is 7.98. The number of carbonyl (C=O) groups is 1. The highest BCUT2D eigenvalue weighted by Gasteiger charge is 2.40. The average Bonchev–Trinajstić information content (AvgIpc) is 2.48. The maximum absolute atomic E-state index is 11.6. The SMILES string of the molecule is CCCC1(C(=O)O)CCN(c2cc(SC)ncn2)CC1. The number of aliphatic carboxylic acids is 1. The zero-order valence-corrected chi connectivity index (χ0v) is 12.8. The average molecular weight is 295 g/mol. The first-order valence-corrected chi connectivity index (χ1v) is 8.18. The van der Waals surface area contributed by atoms with E-state index in [1.165, 1.54) is 0 Å². The Morgan fingerprint density at radius 1 is 1.45 bits per heavy atom. The third-order valence-electron chi connectivity index (χ3n) is 4.06. The van der Waals surface area contributed by atoms with Crippen molar-refractivity contribution in [3.8, 4) is 0 Å². The van der Waals surface area contributed by atoms with Gasteiger partial charge in [-0.2, -0.15) is 0 Å². The van der Waals surface area contributed by atoms with Gasteiger partial charge in [-0.3, -0.25) is 4.79 Å². The van der Waals surface area contributed by atoms with Gasteiger partial charge in [0.1, 0.15) is 17.2 Å². The van der Waals surface area contributed by atoms with Gasteiger partial charge in [-0.1, -0.05) is 13.3 Å². The van der Waals surface area contributed by atoms with Crippen molar-refractivity contribution in [2.24, 2.45) is 5.41 Å². The number of thioether (sulfide) groups is 1. The Bertz CT molecular complexity index is 473. The van der Waals surface area contributed by atoms with Gasteiger partial charge in [0.2, 0.25) is 0 Å². The second-order valence-electron chi connectivity index (χ2n) is 5.24. The van der Waals surface area contributed by atoms with Crippen molar-refractivity contribution in [1.29, 1.82) is 0 Å². The molecular formula is C14H21N3O2S. The predicted molar refractivity (Wildman–Crippen MR) is 80.2 cm³/mol. The van der Waals surface area contributed by atoms with Gasteiger partial charge in [-0.15, -0.1) is 11.8 Å². The van der Waals surface area contributed by atoms with E-state index in [2.05, 4.69) is 14.9 Å². The van der Waals surface area contributed by atoms with Crippen molar-refractivity contribution in [3.05, 3.63) is 12.4 Å². The van der Waals surface area contributed by atoms with E-state index >= 15 is 0 Å². The Morgan fingerprint density at radius 2 is 2.15 bits per heavy atom. The third-order valence-corrected chi connectivity index (χ3v) is 4.71. The van der Waals surface area contributed by atoms with Gasteiger partial charge in [-0.25, -0.2) is 9.97 Å². The van der Waals surface area contributed by atoms with Crippen LogP contribution < -0.4 is 4.90 Å². The molecule has 1 aliphatic rings. The molecule has 2 heterocycles. The zero-order chi connectivity index (χ0) is 14.6. The molecule has 0 unspecified atom stereocenters. The van der Waals surface area contributed by atoms with Gasteiger partial charge < -0.3 is 10.0 Å². The standard InChI is InChI=1S/C14H21N3O2S/c1-3-4-14(13(18)19)5-7-17(8-6-14)11-9-12(20-2)16-10-15-11/h9-10H,3-8H2,1-2H3,(H,18,19). The normalized spacial score (nSPS) is 18.0. The van der Waals surface area contributed by atoms with Crippen molar-refractivity contribution < 1.29 is 9.90 Å². The summed E-state index contributed by atoms with van der Waals surface area (Å²) in [6, 6.07) is 1.97. The van der Waals surface area contributed by atoms with Crippen LogP contribution in [0.4, 0.5) is 5.82 Å². The molecule has 5 nitrogen and oxygen atoms in total. The second kappa shape index (κ2) is 6.43. The van der Waals surface area contributed by atoms with E-state index in [1.807, 2.05) is 19.2 Å². The first kappa shape index (κ1) is 15.1. The molecule has 0 spiro atoms. The molecule has 0 radical (unpaired) electrons. The number of nitrogens with zero attached hydrogens (tertiary/aromatic N) is 3. The van der Waals surface area contributed by atoms with Gasteiger partial charge in [-0.05, 0) is 25.5 Å². The lowest BCUT2D eigenvalue weighted by molar-refractivity contribution is -0.150. The summed E-state index contributed by atoms with van der Waals surface area (Å²) in [5.74, 6) is 0.256. The van der Waals surface area contributed by atoms with Crippen molar-refractivity contribution in [2.75, 3.05) is 24.2 Å². The van der Waals surface area contributed by atoms with Crippen molar-refractivity contribution in [2.45, 2.75) is 37.6 Å². The van der Waals surface area contributed by atoms with Gasteiger partial charge >= 0.3 is 5.97 Å². The van der Waals surface area contributed by atoms with Crippen LogP contribution in [0.25, 0.3) is 0 Å². The van der Waals surface area contributed by atoms with Crippen LogP contribution in [-0.2, 0) is 4.79 Å². The fourth-order valence-corrected chi connectivity index (χ4v) is 3.20. The maximum Gasteiger partial charge on any atom is 0.309 e. The molecule has 1 fully saturated rings. The monoisotopic (exact) mass is 295 g/mol. The molecule has 0 atom stereocenters. The van der Waals surface area contributed by atoms with Crippen LogP contribution >= 0.6 is 11.8 Å². The number of rotatable bonds is 5. The van der Waals surface area contributed by atoms with E-state index < -0.39 is 11.4 Å². The van der Waals surface area contributed by atoms with E-state index in [9.17, 15) is 9.90 Å². The molecule has 1 aromatic rings. The molecule has 1 aliphatic heterocycles. The largest absolute Gasteiger partial charge is 0.481 e. The van der Waals surface area contributed by atoms with Crippen LogP contribution in [0, 0.1) is 5.41 Å². The van der Waals surface area contributed by atoms with Crippen molar-refractivity contribution >= 4 is 23.5 Å². The molecule has 0 bridgehead atoms. The number of aromatic nitrogens is 2. The number of anilines is 1. The van der Waals surface area contributed by atoms with Gasteiger partial charge in [0, 0.05) is 19.2 Å². The summed E-state index contributed by atoms with van der Waals surface area (Å²) in [5, 5.41) is 10.5. The van der Waals surface area contributed by atoms with Gasteiger partial charge in [0.15, 0.2) is 0 Å². The molecule has 0 saturated carbocycles. The molecule has 6 heteroatoms. The van der Waals surface area contributed by atoms with Crippen LogP contribution in [0.1, 0.15) is 32.6 Å². The molecule has 1 aromatic heterocycles. The lowest BCUT2D eigenvalue weighted by Crippen LogP contribution is -2.44. The first-order chi connectivity index (χ1) is 9.61. The molecule has 0 amide bonds. The Morgan fingerprint density at radius 3 is 2.70 bits per heavy atom. The van der Waals surface area contributed by atoms with E-state index in [-0.39, 0.29) is 0 Å². The number of carboxylic acids is 1. The fraction of sp³-hybridized carbons (Fsp3) is 0.643. The molecule has 110 valence electrons. The minimum atomic E-state index is -0.647. The van der Waals surface area contributed by atoms with Crippen molar-refractivity contribution in [1.82, 2.24) is 9.97 Å². The molecule has 20 heavy (non-hydrogen) atoms. The number of hydrogen-bond donors (Lipinski definition) is 1. The summed E-state index contributed by atoms with van der Waals surface area (Å²) < 4.78 is 0. The maximum atomic E-state index is 11.6. The second-order valence-corrected chi connectivity index (χ2v) is 6.07. The highest BCUT2D eigenvalue weighted by atomic mass is 32.2. The van der Waals surface area contributed by atoms with E-state index in [4.69, 9.17) is 0 Å². The fourth-order valence-electron chi connectivity index (χ4n) is 2.83. The Kier molecular flexibility index (Phi) is 4.86. The van der Waals surface area contributed by atoms with Crippen LogP contribution in [0.2, 0.25) is 0 Å². The lowest BCUT2D eigenvalue weighted by atomic mass is 9.75. The van der Waals surface area contributed by atoms with E-state index in [1.54, 1.807) is 18.1 Å². The lowest BCUT2D eigenvalue weighted by Gasteiger charge is -2.39. The number of carboxylic acid groups (broad SMARTS) is 1. The van der Waals surface area contributed by atoms with Gasteiger partial charge in [0.05, 0.1) is 5.41 Å². The van der Waals surface area contributed by atoms with Crippen molar-refractivity contribution in [3.63, 3.8) is 0 Å².